The van der Waals surface area contributed by atoms with Crippen LogP contribution < -0.4 is 0 Å². The second-order valence-corrected chi connectivity index (χ2v) is 6.74. The van der Waals surface area contributed by atoms with Crippen LogP contribution in [0.25, 0.3) is 0 Å². The van der Waals surface area contributed by atoms with Crippen molar-refractivity contribution in [3.05, 3.63) is 34.9 Å². The van der Waals surface area contributed by atoms with Crippen LogP contribution in [0.1, 0.15) is 61.3 Å². The van der Waals surface area contributed by atoms with E-state index in [0.29, 0.717) is 5.92 Å². The fourth-order valence-electron chi connectivity index (χ4n) is 4.23. The van der Waals surface area contributed by atoms with E-state index in [1.54, 1.807) is 0 Å². The molecule has 2 nitrogen and oxygen atoms in total. The highest BCUT2D eigenvalue weighted by molar-refractivity contribution is 5.35. The molecule has 1 aromatic carbocycles. The predicted molar refractivity (Wildman–Crippen MR) is 80.8 cm³/mol. The van der Waals surface area contributed by atoms with Crippen LogP contribution in [-0.4, -0.2) is 17.3 Å². The molecule has 3 rings (SSSR count). The third-order valence-corrected chi connectivity index (χ3v) is 5.33. The minimum atomic E-state index is -0.336. The number of hydrogen-bond donors (Lipinski definition) is 1. The summed E-state index contributed by atoms with van der Waals surface area (Å²) in [5.41, 5.74) is 3.65. The summed E-state index contributed by atoms with van der Waals surface area (Å²) in [5.74, 6) is 0.349. The summed E-state index contributed by atoms with van der Waals surface area (Å²) in [5, 5.41) is 10.9. The van der Waals surface area contributed by atoms with Gasteiger partial charge in [0.25, 0.3) is 0 Å². The molecule has 110 valence electrons. The first kappa shape index (κ1) is 14.1. The average Bonchev–Trinajstić information content (AvgIpc) is 2.86. The molecule has 2 atom stereocenters. The van der Waals surface area contributed by atoms with Gasteiger partial charge in [0.2, 0.25) is 0 Å². The molecule has 1 saturated carbocycles. The van der Waals surface area contributed by atoms with Gasteiger partial charge in [-0.15, -0.1) is 0 Å². The van der Waals surface area contributed by atoms with Gasteiger partial charge in [0, 0.05) is 6.61 Å². The van der Waals surface area contributed by atoms with Crippen LogP contribution >= 0.6 is 0 Å². The first-order chi connectivity index (χ1) is 9.61. The largest absolute Gasteiger partial charge is 0.388 e. The first-order valence-corrected chi connectivity index (χ1v) is 7.99. The summed E-state index contributed by atoms with van der Waals surface area (Å²) in [6.45, 7) is 5.03. The Bertz CT molecular complexity index is 454. The zero-order valence-electron chi connectivity index (χ0n) is 12.7. The highest BCUT2D eigenvalue weighted by Gasteiger charge is 2.42. The van der Waals surface area contributed by atoms with Crippen LogP contribution in [0.4, 0.5) is 0 Å². The van der Waals surface area contributed by atoms with E-state index in [1.165, 1.54) is 36.8 Å². The zero-order chi connectivity index (χ0) is 14.2. The van der Waals surface area contributed by atoms with Gasteiger partial charge in [-0.3, -0.25) is 0 Å². The molecule has 1 aliphatic carbocycles. The molecule has 1 N–H and O–H groups in total. The molecule has 20 heavy (non-hydrogen) atoms. The number of benzene rings is 1. The maximum Gasteiger partial charge on any atom is 0.0825 e. The topological polar surface area (TPSA) is 29.5 Å². The van der Waals surface area contributed by atoms with Gasteiger partial charge in [-0.2, -0.15) is 0 Å². The summed E-state index contributed by atoms with van der Waals surface area (Å²) in [7, 11) is 0. The number of aryl methyl sites for hydroxylation is 2. The number of aliphatic hydroxyl groups is 1. The summed E-state index contributed by atoms with van der Waals surface area (Å²) < 4.78 is 6.09. The van der Waals surface area contributed by atoms with Gasteiger partial charge in [0.1, 0.15) is 0 Å². The van der Waals surface area contributed by atoms with Gasteiger partial charge < -0.3 is 9.84 Å². The summed E-state index contributed by atoms with van der Waals surface area (Å²) in [6.07, 6.45) is 6.61. The fraction of sp³-hybridized carbons (Fsp3) is 0.667. The van der Waals surface area contributed by atoms with E-state index < -0.39 is 0 Å². The van der Waals surface area contributed by atoms with Crippen molar-refractivity contribution in [3.8, 4) is 0 Å². The van der Waals surface area contributed by atoms with E-state index in [9.17, 15) is 5.11 Å². The van der Waals surface area contributed by atoms with E-state index in [-0.39, 0.29) is 11.7 Å². The van der Waals surface area contributed by atoms with Crippen molar-refractivity contribution in [1.82, 2.24) is 0 Å². The van der Waals surface area contributed by atoms with E-state index in [2.05, 4.69) is 32.0 Å². The minimum absolute atomic E-state index is 0.0838. The predicted octanol–water partition coefficient (Wildman–Crippen LogP) is 4.08. The standard InChI is InChI=1S/C18H26O2/c1-13-6-5-7-14(2)16(13)17(19)15-8-11-20-18(12-15)9-3-4-10-18/h5-7,15,17,19H,3-4,8-12H2,1-2H3. The maximum absolute atomic E-state index is 10.9. The van der Waals surface area contributed by atoms with Crippen molar-refractivity contribution in [2.75, 3.05) is 6.61 Å². The molecule has 0 aromatic heterocycles. The Morgan fingerprint density at radius 3 is 2.50 bits per heavy atom. The van der Waals surface area contributed by atoms with Crippen molar-refractivity contribution in [3.63, 3.8) is 0 Å². The van der Waals surface area contributed by atoms with Crippen molar-refractivity contribution in [2.24, 2.45) is 5.92 Å². The molecule has 0 radical (unpaired) electrons. The lowest BCUT2D eigenvalue weighted by Gasteiger charge is -2.40. The van der Waals surface area contributed by atoms with Gasteiger partial charge in [-0.1, -0.05) is 31.0 Å². The quantitative estimate of drug-likeness (QED) is 0.880. The third kappa shape index (κ3) is 2.51. The molecule has 2 heteroatoms. The summed E-state index contributed by atoms with van der Waals surface area (Å²) in [6, 6.07) is 6.29. The maximum atomic E-state index is 10.9. The van der Waals surface area contributed by atoms with Crippen molar-refractivity contribution in [1.29, 1.82) is 0 Å². The number of rotatable bonds is 2. The minimum Gasteiger partial charge on any atom is -0.388 e. The average molecular weight is 274 g/mol. The Morgan fingerprint density at radius 1 is 1.20 bits per heavy atom. The molecule has 1 aliphatic heterocycles. The van der Waals surface area contributed by atoms with Crippen LogP contribution in [0, 0.1) is 19.8 Å². The van der Waals surface area contributed by atoms with Crippen molar-refractivity contribution >= 4 is 0 Å². The number of ether oxygens (including phenoxy) is 1. The van der Waals surface area contributed by atoms with E-state index in [0.717, 1.165) is 25.0 Å². The summed E-state index contributed by atoms with van der Waals surface area (Å²) in [4.78, 5) is 0. The van der Waals surface area contributed by atoms with E-state index in [1.807, 2.05) is 0 Å². The fourth-order valence-corrected chi connectivity index (χ4v) is 4.23. The second-order valence-electron chi connectivity index (χ2n) is 6.74. The normalized spacial score (nSPS) is 26.9. The molecule has 0 amide bonds. The lowest BCUT2D eigenvalue weighted by Crippen LogP contribution is -2.39. The monoisotopic (exact) mass is 274 g/mol. The molecule has 2 unspecified atom stereocenters. The molecule has 2 aliphatic rings. The van der Waals surface area contributed by atoms with E-state index in [4.69, 9.17) is 4.74 Å². The van der Waals surface area contributed by atoms with E-state index >= 15 is 0 Å². The second kappa shape index (κ2) is 5.50. The zero-order valence-corrected chi connectivity index (χ0v) is 12.7. The van der Waals surface area contributed by atoms with Crippen molar-refractivity contribution in [2.45, 2.75) is 64.1 Å². The SMILES string of the molecule is Cc1cccc(C)c1C(O)C1CCOC2(CCCC2)C1. The van der Waals surface area contributed by atoms with Crippen molar-refractivity contribution < 1.29 is 9.84 Å². The molecule has 0 bridgehead atoms. The van der Waals surface area contributed by atoms with Crippen LogP contribution in [0.15, 0.2) is 18.2 Å². The Hall–Kier alpha value is -0.860. The number of hydrogen-bond acceptors (Lipinski definition) is 2. The Balaban J connectivity index is 1.81. The Morgan fingerprint density at radius 2 is 1.85 bits per heavy atom. The van der Waals surface area contributed by atoms with Gasteiger partial charge in [-0.25, -0.2) is 0 Å². The molecule has 1 saturated heterocycles. The van der Waals surface area contributed by atoms with Gasteiger partial charge in [0.15, 0.2) is 0 Å². The van der Waals surface area contributed by atoms with Crippen LogP contribution in [0.5, 0.6) is 0 Å². The van der Waals surface area contributed by atoms with Gasteiger partial charge in [0.05, 0.1) is 11.7 Å². The smallest absolute Gasteiger partial charge is 0.0825 e. The molecule has 1 heterocycles. The molecule has 1 aromatic rings. The van der Waals surface area contributed by atoms with Crippen LogP contribution in [0.2, 0.25) is 0 Å². The highest BCUT2D eigenvalue weighted by Crippen LogP contribution is 2.45. The Kier molecular flexibility index (Phi) is 3.87. The molecular weight excluding hydrogens is 248 g/mol. The highest BCUT2D eigenvalue weighted by atomic mass is 16.5. The lowest BCUT2D eigenvalue weighted by molar-refractivity contribution is -0.113. The first-order valence-electron chi connectivity index (χ1n) is 7.99. The third-order valence-electron chi connectivity index (χ3n) is 5.33. The van der Waals surface area contributed by atoms with Gasteiger partial charge >= 0.3 is 0 Å². The van der Waals surface area contributed by atoms with Crippen LogP contribution in [0.3, 0.4) is 0 Å². The van der Waals surface area contributed by atoms with Gasteiger partial charge in [-0.05, 0) is 62.1 Å². The molecule has 2 fully saturated rings. The molecule has 1 spiro atoms. The van der Waals surface area contributed by atoms with Crippen LogP contribution in [-0.2, 0) is 4.74 Å². The Labute approximate surface area is 122 Å². The molecular formula is C18H26O2. The number of aliphatic hydroxyl groups excluding tert-OH is 1. The summed E-state index contributed by atoms with van der Waals surface area (Å²) >= 11 is 0. The lowest BCUT2D eigenvalue weighted by atomic mass is 9.78.